The van der Waals surface area contributed by atoms with Crippen LogP contribution in [0.4, 0.5) is 0 Å². The maximum Gasteiger partial charge on any atom is 0.0842 e. The Bertz CT molecular complexity index is 261. The second-order valence-corrected chi connectivity index (χ2v) is 6.63. The van der Waals surface area contributed by atoms with Crippen LogP contribution in [0, 0.1) is 5.41 Å². The molecular formula is C15H30N2O. The van der Waals surface area contributed by atoms with Crippen LogP contribution < -0.4 is 5.73 Å². The van der Waals surface area contributed by atoms with E-state index in [0.29, 0.717) is 6.54 Å². The van der Waals surface area contributed by atoms with Crippen LogP contribution in [0.1, 0.15) is 57.8 Å². The highest BCUT2D eigenvalue weighted by Crippen LogP contribution is 2.46. The van der Waals surface area contributed by atoms with Crippen LogP contribution in [-0.4, -0.2) is 42.3 Å². The lowest BCUT2D eigenvalue weighted by Crippen LogP contribution is -2.60. The van der Waals surface area contributed by atoms with Gasteiger partial charge < -0.3 is 15.7 Å². The molecule has 0 spiro atoms. The zero-order chi connectivity index (χ0) is 13.1. The Morgan fingerprint density at radius 1 is 1.00 bits per heavy atom. The van der Waals surface area contributed by atoms with Crippen LogP contribution >= 0.6 is 0 Å². The minimum absolute atomic E-state index is 0.0257. The summed E-state index contributed by atoms with van der Waals surface area (Å²) in [5, 5.41) is 11.2. The van der Waals surface area contributed by atoms with Gasteiger partial charge in [0, 0.05) is 18.5 Å². The first kappa shape index (κ1) is 14.3. The molecule has 0 aromatic carbocycles. The molecule has 1 atom stereocenters. The lowest BCUT2D eigenvalue weighted by Gasteiger charge is -2.52. The first-order valence-electron chi connectivity index (χ1n) is 7.73. The Hall–Kier alpha value is -0.120. The molecule has 106 valence electrons. The Kier molecular flexibility index (Phi) is 4.68. The Labute approximate surface area is 112 Å². The van der Waals surface area contributed by atoms with Crippen molar-refractivity contribution >= 4 is 0 Å². The van der Waals surface area contributed by atoms with E-state index in [2.05, 4.69) is 11.9 Å². The summed E-state index contributed by atoms with van der Waals surface area (Å²) >= 11 is 0. The summed E-state index contributed by atoms with van der Waals surface area (Å²) in [5.74, 6) is 0. The second kappa shape index (κ2) is 5.89. The summed E-state index contributed by atoms with van der Waals surface area (Å²) in [6, 6.07) is 0. The molecule has 1 aliphatic heterocycles. The van der Waals surface area contributed by atoms with E-state index in [0.717, 1.165) is 38.8 Å². The van der Waals surface area contributed by atoms with E-state index < -0.39 is 5.60 Å². The third-order valence-corrected chi connectivity index (χ3v) is 5.35. The van der Waals surface area contributed by atoms with E-state index in [1.807, 2.05) is 0 Å². The van der Waals surface area contributed by atoms with Crippen molar-refractivity contribution in [1.82, 2.24) is 4.90 Å². The van der Waals surface area contributed by atoms with Crippen molar-refractivity contribution in [2.24, 2.45) is 11.1 Å². The third kappa shape index (κ3) is 2.73. The summed E-state index contributed by atoms with van der Waals surface area (Å²) < 4.78 is 0. The van der Waals surface area contributed by atoms with Gasteiger partial charge in [0.05, 0.1) is 5.60 Å². The number of likely N-dealkylation sites (tertiary alicyclic amines) is 1. The van der Waals surface area contributed by atoms with Gasteiger partial charge in [0.1, 0.15) is 0 Å². The van der Waals surface area contributed by atoms with E-state index in [4.69, 9.17) is 5.73 Å². The highest BCUT2D eigenvalue weighted by molar-refractivity contribution is 5.03. The molecule has 18 heavy (non-hydrogen) atoms. The van der Waals surface area contributed by atoms with Crippen molar-refractivity contribution in [3.63, 3.8) is 0 Å². The fourth-order valence-electron chi connectivity index (χ4n) is 4.12. The fraction of sp³-hybridized carbons (Fsp3) is 1.00. The van der Waals surface area contributed by atoms with Crippen LogP contribution in [0.15, 0.2) is 0 Å². The van der Waals surface area contributed by atoms with E-state index in [-0.39, 0.29) is 5.41 Å². The monoisotopic (exact) mass is 254 g/mol. The molecule has 2 rings (SSSR count). The Morgan fingerprint density at radius 2 is 1.61 bits per heavy atom. The highest BCUT2D eigenvalue weighted by atomic mass is 16.3. The molecule has 0 radical (unpaired) electrons. The molecule has 1 saturated carbocycles. The Morgan fingerprint density at radius 3 is 2.17 bits per heavy atom. The van der Waals surface area contributed by atoms with Crippen LogP contribution in [0.25, 0.3) is 0 Å². The van der Waals surface area contributed by atoms with E-state index in [1.165, 1.54) is 32.1 Å². The lowest BCUT2D eigenvalue weighted by atomic mass is 9.62. The number of hydrogen-bond donors (Lipinski definition) is 2. The van der Waals surface area contributed by atoms with E-state index >= 15 is 0 Å². The SMILES string of the molecule is CN1CCCC(O)(C2(CN)CCCCCCC2)C1. The van der Waals surface area contributed by atoms with Crippen molar-refractivity contribution in [1.29, 1.82) is 0 Å². The van der Waals surface area contributed by atoms with E-state index in [1.54, 1.807) is 0 Å². The van der Waals surface area contributed by atoms with Gasteiger partial charge in [-0.3, -0.25) is 0 Å². The van der Waals surface area contributed by atoms with Gasteiger partial charge in [0.25, 0.3) is 0 Å². The zero-order valence-electron chi connectivity index (χ0n) is 12.0. The average Bonchev–Trinajstić information content (AvgIpc) is 2.28. The smallest absolute Gasteiger partial charge is 0.0842 e. The molecule has 1 unspecified atom stereocenters. The number of likely N-dealkylation sites (N-methyl/N-ethyl adjacent to an activating group) is 1. The third-order valence-electron chi connectivity index (χ3n) is 5.35. The molecule has 0 bridgehead atoms. The maximum atomic E-state index is 11.2. The normalized spacial score (nSPS) is 34.8. The number of nitrogens with two attached hydrogens (primary N) is 1. The molecule has 0 aromatic heterocycles. The van der Waals surface area contributed by atoms with Crippen molar-refractivity contribution < 1.29 is 5.11 Å². The van der Waals surface area contributed by atoms with Gasteiger partial charge >= 0.3 is 0 Å². The number of piperidine rings is 1. The number of aliphatic hydroxyl groups is 1. The molecule has 3 heteroatoms. The summed E-state index contributed by atoms with van der Waals surface area (Å²) in [6.45, 7) is 2.57. The van der Waals surface area contributed by atoms with Gasteiger partial charge in [-0.1, -0.05) is 32.1 Å². The molecule has 2 aliphatic rings. The number of hydrogen-bond acceptors (Lipinski definition) is 3. The van der Waals surface area contributed by atoms with Gasteiger partial charge in [0.15, 0.2) is 0 Å². The van der Waals surface area contributed by atoms with Gasteiger partial charge in [-0.2, -0.15) is 0 Å². The predicted molar refractivity (Wildman–Crippen MR) is 75.5 cm³/mol. The second-order valence-electron chi connectivity index (χ2n) is 6.63. The van der Waals surface area contributed by atoms with Crippen LogP contribution in [0.2, 0.25) is 0 Å². The molecule has 0 aromatic rings. The van der Waals surface area contributed by atoms with Crippen molar-refractivity contribution in [2.75, 3.05) is 26.7 Å². The highest BCUT2D eigenvalue weighted by Gasteiger charge is 2.49. The molecule has 3 nitrogen and oxygen atoms in total. The van der Waals surface area contributed by atoms with Gasteiger partial charge in [0.2, 0.25) is 0 Å². The number of rotatable bonds is 2. The molecule has 0 amide bonds. The first-order chi connectivity index (χ1) is 8.62. The van der Waals surface area contributed by atoms with E-state index in [9.17, 15) is 5.11 Å². The van der Waals surface area contributed by atoms with Crippen molar-refractivity contribution in [3.05, 3.63) is 0 Å². The fourth-order valence-corrected chi connectivity index (χ4v) is 4.12. The van der Waals surface area contributed by atoms with Gasteiger partial charge in [-0.15, -0.1) is 0 Å². The number of nitrogens with zero attached hydrogens (tertiary/aromatic N) is 1. The molecule has 1 heterocycles. The first-order valence-corrected chi connectivity index (χ1v) is 7.73. The molecular weight excluding hydrogens is 224 g/mol. The standard InChI is InChI=1S/C15H30N2O/c1-17-11-7-10-15(18,13-17)14(12-16)8-5-3-2-4-6-9-14/h18H,2-13,16H2,1H3. The molecule has 1 aliphatic carbocycles. The quantitative estimate of drug-likeness (QED) is 0.793. The van der Waals surface area contributed by atoms with Gasteiger partial charge in [-0.05, 0) is 39.3 Å². The maximum absolute atomic E-state index is 11.2. The summed E-state index contributed by atoms with van der Waals surface area (Å²) in [5.41, 5.74) is 5.57. The van der Waals surface area contributed by atoms with Crippen molar-refractivity contribution in [2.45, 2.75) is 63.4 Å². The van der Waals surface area contributed by atoms with Crippen LogP contribution in [0.3, 0.4) is 0 Å². The molecule has 3 N–H and O–H groups in total. The van der Waals surface area contributed by atoms with Gasteiger partial charge in [-0.25, -0.2) is 0 Å². The molecule has 2 fully saturated rings. The minimum Gasteiger partial charge on any atom is -0.388 e. The molecule has 1 saturated heterocycles. The number of β-amino-alcohol motifs (C(OH)–C–C–N with tert-alkyl or cyclic N) is 1. The zero-order valence-corrected chi connectivity index (χ0v) is 12.0. The van der Waals surface area contributed by atoms with Crippen LogP contribution in [-0.2, 0) is 0 Å². The van der Waals surface area contributed by atoms with Crippen LogP contribution in [0.5, 0.6) is 0 Å². The van der Waals surface area contributed by atoms with Crippen molar-refractivity contribution in [3.8, 4) is 0 Å². The minimum atomic E-state index is -0.550. The largest absolute Gasteiger partial charge is 0.388 e. The summed E-state index contributed by atoms with van der Waals surface area (Å²) in [7, 11) is 2.12. The average molecular weight is 254 g/mol. The Balaban J connectivity index is 2.17. The topological polar surface area (TPSA) is 49.5 Å². The summed E-state index contributed by atoms with van der Waals surface area (Å²) in [6.07, 6.45) is 10.7. The summed E-state index contributed by atoms with van der Waals surface area (Å²) in [4.78, 5) is 2.28. The predicted octanol–water partition coefficient (Wildman–Crippen LogP) is 2.13. The lowest BCUT2D eigenvalue weighted by molar-refractivity contribution is -0.129.